The van der Waals surface area contributed by atoms with Crippen molar-refractivity contribution in [1.29, 1.82) is 0 Å². The van der Waals surface area contributed by atoms with Crippen LogP contribution in [-0.2, 0) is 10.2 Å². The van der Waals surface area contributed by atoms with Gasteiger partial charge in [0.2, 0.25) is 5.91 Å². The number of rotatable bonds is 2. The van der Waals surface area contributed by atoms with Crippen molar-refractivity contribution >= 4 is 11.8 Å². The van der Waals surface area contributed by atoms with E-state index in [2.05, 4.69) is 15.5 Å². The van der Waals surface area contributed by atoms with Crippen molar-refractivity contribution in [2.24, 2.45) is 0 Å². The van der Waals surface area contributed by atoms with Crippen LogP contribution in [-0.4, -0.2) is 46.0 Å². The number of carbonyl (C=O) groups is 2. The van der Waals surface area contributed by atoms with Crippen molar-refractivity contribution in [3.63, 3.8) is 0 Å². The van der Waals surface area contributed by atoms with E-state index in [-0.39, 0.29) is 17.2 Å². The summed E-state index contributed by atoms with van der Waals surface area (Å²) in [5.41, 5.74) is 0.786. The molecular weight excluding hydrogens is 332 g/mol. The van der Waals surface area contributed by atoms with Crippen LogP contribution in [0.15, 0.2) is 28.8 Å². The maximum absolute atomic E-state index is 13.2. The number of hydrogen-bond acceptors (Lipinski definition) is 5. The zero-order chi connectivity index (χ0) is 18.9. The SMILES string of the molecule is C[C@H]1C(=O)NCCCN1C(=O)c1ccccc1-c1nc(C(C)(C)C)no1. The van der Waals surface area contributed by atoms with Gasteiger partial charge in [-0.05, 0) is 25.5 Å². The molecule has 1 aliphatic heterocycles. The molecule has 1 fully saturated rings. The van der Waals surface area contributed by atoms with Gasteiger partial charge in [0.05, 0.1) is 11.1 Å². The minimum Gasteiger partial charge on any atom is -0.354 e. The van der Waals surface area contributed by atoms with Gasteiger partial charge in [-0.1, -0.05) is 38.1 Å². The maximum Gasteiger partial charge on any atom is 0.258 e. The van der Waals surface area contributed by atoms with Gasteiger partial charge in [-0.15, -0.1) is 0 Å². The lowest BCUT2D eigenvalue weighted by Crippen LogP contribution is -2.45. The molecule has 1 aromatic carbocycles. The largest absolute Gasteiger partial charge is 0.354 e. The molecule has 0 aliphatic carbocycles. The molecule has 7 nitrogen and oxygen atoms in total. The number of hydrogen-bond donors (Lipinski definition) is 1. The Bertz CT molecular complexity index is 822. The van der Waals surface area contributed by atoms with Crippen LogP contribution in [0.3, 0.4) is 0 Å². The van der Waals surface area contributed by atoms with E-state index in [1.165, 1.54) is 0 Å². The fraction of sp³-hybridized carbons (Fsp3) is 0.474. The molecule has 0 saturated carbocycles. The second kappa shape index (κ2) is 6.90. The second-order valence-electron chi connectivity index (χ2n) is 7.54. The third-order valence-corrected chi connectivity index (χ3v) is 4.47. The van der Waals surface area contributed by atoms with Crippen LogP contribution in [0.4, 0.5) is 0 Å². The summed E-state index contributed by atoms with van der Waals surface area (Å²) in [6.45, 7) is 8.82. The van der Waals surface area contributed by atoms with Crippen LogP contribution in [0.1, 0.15) is 50.3 Å². The highest BCUT2D eigenvalue weighted by atomic mass is 16.5. The smallest absolute Gasteiger partial charge is 0.258 e. The molecule has 7 heteroatoms. The predicted octanol–water partition coefficient (Wildman–Crippen LogP) is 2.38. The van der Waals surface area contributed by atoms with Crippen molar-refractivity contribution < 1.29 is 14.1 Å². The molecule has 1 saturated heterocycles. The van der Waals surface area contributed by atoms with Crippen LogP contribution in [0, 0.1) is 0 Å². The zero-order valence-electron chi connectivity index (χ0n) is 15.6. The van der Waals surface area contributed by atoms with Gasteiger partial charge in [0.25, 0.3) is 11.8 Å². The Hall–Kier alpha value is -2.70. The highest BCUT2D eigenvalue weighted by Gasteiger charge is 2.31. The Kier molecular flexibility index (Phi) is 4.80. The van der Waals surface area contributed by atoms with Crippen LogP contribution in [0.25, 0.3) is 11.5 Å². The molecule has 1 aliphatic rings. The van der Waals surface area contributed by atoms with Gasteiger partial charge in [-0.2, -0.15) is 4.98 Å². The van der Waals surface area contributed by atoms with Crippen molar-refractivity contribution in [1.82, 2.24) is 20.4 Å². The van der Waals surface area contributed by atoms with Gasteiger partial charge in [-0.3, -0.25) is 9.59 Å². The Labute approximate surface area is 152 Å². The fourth-order valence-corrected chi connectivity index (χ4v) is 2.87. The molecule has 2 heterocycles. The number of amides is 2. The first-order valence-electron chi connectivity index (χ1n) is 8.81. The monoisotopic (exact) mass is 356 g/mol. The average Bonchev–Trinajstić information content (AvgIpc) is 3.05. The molecule has 2 aromatic rings. The summed E-state index contributed by atoms with van der Waals surface area (Å²) in [6.07, 6.45) is 0.721. The summed E-state index contributed by atoms with van der Waals surface area (Å²) >= 11 is 0. The third kappa shape index (κ3) is 3.47. The van der Waals surface area contributed by atoms with Gasteiger partial charge >= 0.3 is 0 Å². The molecule has 1 aromatic heterocycles. The first kappa shape index (κ1) is 18.1. The van der Waals surface area contributed by atoms with Gasteiger partial charge in [0, 0.05) is 18.5 Å². The molecule has 26 heavy (non-hydrogen) atoms. The number of carbonyl (C=O) groups excluding carboxylic acids is 2. The Morgan fingerprint density at radius 2 is 2.04 bits per heavy atom. The summed E-state index contributed by atoms with van der Waals surface area (Å²) in [5.74, 6) is 0.546. The molecule has 1 N–H and O–H groups in total. The highest BCUT2D eigenvalue weighted by molar-refractivity contribution is 6.02. The van der Waals surface area contributed by atoms with E-state index in [1.807, 2.05) is 26.8 Å². The molecule has 1 atom stereocenters. The van der Waals surface area contributed by atoms with E-state index in [0.29, 0.717) is 35.9 Å². The highest BCUT2D eigenvalue weighted by Crippen LogP contribution is 2.27. The lowest BCUT2D eigenvalue weighted by atomic mass is 9.96. The minimum atomic E-state index is -0.522. The summed E-state index contributed by atoms with van der Waals surface area (Å²) in [5, 5.41) is 6.87. The molecule has 0 bridgehead atoms. The van der Waals surface area contributed by atoms with E-state index in [1.54, 1.807) is 30.0 Å². The van der Waals surface area contributed by atoms with Gasteiger partial charge < -0.3 is 14.7 Å². The van der Waals surface area contributed by atoms with Gasteiger partial charge in [-0.25, -0.2) is 0 Å². The quantitative estimate of drug-likeness (QED) is 0.892. The Balaban J connectivity index is 1.98. The molecule has 138 valence electrons. The minimum absolute atomic E-state index is 0.138. The number of nitrogens with zero attached hydrogens (tertiary/aromatic N) is 3. The van der Waals surface area contributed by atoms with E-state index >= 15 is 0 Å². The first-order valence-corrected chi connectivity index (χ1v) is 8.81. The molecular formula is C19H24N4O3. The predicted molar refractivity (Wildman–Crippen MR) is 96.6 cm³/mol. The van der Waals surface area contributed by atoms with Crippen molar-refractivity contribution in [3.8, 4) is 11.5 Å². The van der Waals surface area contributed by atoms with Crippen LogP contribution >= 0.6 is 0 Å². The summed E-state index contributed by atoms with van der Waals surface area (Å²) < 4.78 is 5.42. The van der Waals surface area contributed by atoms with Gasteiger partial charge in [0.1, 0.15) is 6.04 Å². The standard InChI is InChI=1S/C19H24N4O3/c1-12-15(24)20-10-7-11-23(12)17(25)14-9-6-5-8-13(14)16-21-18(22-26-16)19(2,3)4/h5-6,8-9,12H,7,10-11H2,1-4H3,(H,20,24)/t12-/m0/s1. The summed E-state index contributed by atoms with van der Waals surface area (Å²) in [7, 11) is 0. The normalized spacial score (nSPS) is 18.4. The molecule has 0 radical (unpaired) electrons. The summed E-state index contributed by atoms with van der Waals surface area (Å²) in [6, 6.07) is 6.61. The first-order chi connectivity index (χ1) is 12.3. The van der Waals surface area contributed by atoms with E-state index in [9.17, 15) is 9.59 Å². The van der Waals surface area contributed by atoms with Gasteiger partial charge in [0.15, 0.2) is 5.82 Å². The third-order valence-electron chi connectivity index (χ3n) is 4.47. The Morgan fingerprint density at radius 3 is 2.73 bits per heavy atom. The summed E-state index contributed by atoms with van der Waals surface area (Å²) in [4.78, 5) is 31.3. The van der Waals surface area contributed by atoms with Crippen molar-refractivity contribution in [2.45, 2.75) is 45.6 Å². The fourth-order valence-electron chi connectivity index (χ4n) is 2.87. The van der Waals surface area contributed by atoms with Crippen LogP contribution in [0.5, 0.6) is 0 Å². The lowest BCUT2D eigenvalue weighted by Gasteiger charge is -2.26. The van der Waals surface area contributed by atoms with E-state index < -0.39 is 6.04 Å². The maximum atomic E-state index is 13.2. The second-order valence-corrected chi connectivity index (χ2v) is 7.54. The van der Waals surface area contributed by atoms with E-state index in [4.69, 9.17) is 4.52 Å². The molecule has 3 rings (SSSR count). The number of benzene rings is 1. The zero-order valence-corrected chi connectivity index (χ0v) is 15.6. The van der Waals surface area contributed by atoms with E-state index in [0.717, 1.165) is 6.42 Å². The number of aromatic nitrogens is 2. The van der Waals surface area contributed by atoms with Crippen molar-refractivity contribution in [3.05, 3.63) is 35.7 Å². The number of nitrogens with one attached hydrogen (secondary N) is 1. The average molecular weight is 356 g/mol. The topological polar surface area (TPSA) is 88.3 Å². The Morgan fingerprint density at radius 1 is 1.31 bits per heavy atom. The molecule has 0 unspecified atom stereocenters. The van der Waals surface area contributed by atoms with Crippen LogP contribution < -0.4 is 5.32 Å². The molecule has 2 amide bonds. The van der Waals surface area contributed by atoms with Crippen LogP contribution in [0.2, 0.25) is 0 Å². The molecule has 0 spiro atoms. The van der Waals surface area contributed by atoms with Crippen molar-refractivity contribution in [2.75, 3.05) is 13.1 Å². The lowest BCUT2D eigenvalue weighted by molar-refractivity contribution is -0.124.